The highest BCUT2D eigenvalue weighted by atomic mass is 127. The molecule has 4 rings (SSSR count). The molecule has 0 bridgehead atoms. The van der Waals surface area contributed by atoms with Gasteiger partial charge in [-0.15, -0.1) is 0 Å². The van der Waals surface area contributed by atoms with Gasteiger partial charge in [-0.3, -0.25) is 0 Å². The fourth-order valence-corrected chi connectivity index (χ4v) is 3.67. The summed E-state index contributed by atoms with van der Waals surface area (Å²) in [5, 5.41) is 10.8. The molecule has 0 spiro atoms. The summed E-state index contributed by atoms with van der Waals surface area (Å²) in [6.07, 6.45) is 4.25. The maximum Gasteiger partial charge on any atom is 0.214 e. The zero-order valence-corrected chi connectivity index (χ0v) is 18.5. The molecule has 0 amide bonds. The number of aromatic hydroxyl groups is 1. The van der Waals surface area contributed by atoms with E-state index >= 15 is 0 Å². The molecule has 1 fully saturated rings. The highest BCUT2D eigenvalue weighted by molar-refractivity contribution is 5.91. The van der Waals surface area contributed by atoms with Gasteiger partial charge in [-0.05, 0) is 36.9 Å². The number of nitrogens with zero attached hydrogens (tertiary/aromatic N) is 3. The normalized spacial score (nSPS) is 15.1. The number of likely N-dealkylation sites (N-methyl/N-ethyl adjacent to an activating group) is 1. The summed E-state index contributed by atoms with van der Waals surface area (Å²) in [5.74, 6) is 0.292. The summed E-state index contributed by atoms with van der Waals surface area (Å²) in [5.41, 5.74) is 4.78. The van der Waals surface area contributed by atoms with Gasteiger partial charge in [0.25, 0.3) is 0 Å². The van der Waals surface area contributed by atoms with Gasteiger partial charge < -0.3 is 38.9 Å². The molecule has 0 saturated carbocycles. The molecule has 1 saturated heterocycles. The second-order valence-corrected chi connectivity index (χ2v) is 7.25. The average molecular weight is 487 g/mol. The first kappa shape index (κ1) is 20.6. The Morgan fingerprint density at radius 1 is 0.929 bits per heavy atom. The van der Waals surface area contributed by atoms with E-state index in [9.17, 15) is 5.11 Å². The van der Waals surface area contributed by atoms with Crippen molar-refractivity contribution in [2.45, 2.75) is 0 Å². The lowest BCUT2D eigenvalue weighted by atomic mass is 10.1. The second-order valence-electron chi connectivity index (χ2n) is 7.25. The first-order valence-corrected chi connectivity index (χ1v) is 9.44. The lowest BCUT2D eigenvalue weighted by molar-refractivity contribution is -0.646. The topological polar surface area (TPSA) is 30.6 Å². The lowest BCUT2D eigenvalue weighted by Gasteiger charge is -2.34. The van der Waals surface area contributed by atoms with Crippen LogP contribution >= 0.6 is 0 Å². The Morgan fingerprint density at radius 2 is 1.61 bits per heavy atom. The standard InChI is InChI=1S/C23H25N3O.HI/c1-24-13-15-26(16-14-24)23-17-19(10-7-18-8-11-20(27)12-9-18)25(2)22-6-4-3-5-21(22)23;/h3-12,17H,13-16H2,1-2H3;1H. The maximum atomic E-state index is 9.47. The fraction of sp³-hybridized carbons (Fsp3) is 0.261. The highest BCUT2D eigenvalue weighted by Crippen LogP contribution is 2.27. The van der Waals surface area contributed by atoms with Crippen molar-refractivity contribution in [3.05, 3.63) is 65.9 Å². The molecule has 0 unspecified atom stereocenters. The van der Waals surface area contributed by atoms with Crippen molar-refractivity contribution in [1.82, 2.24) is 4.90 Å². The van der Waals surface area contributed by atoms with Gasteiger partial charge in [0.15, 0.2) is 0 Å². The van der Waals surface area contributed by atoms with Crippen molar-refractivity contribution in [2.24, 2.45) is 7.05 Å². The molecular formula is C23H26IN3O. The van der Waals surface area contributed by atoms with E-state index in [0.29, 0.717) is 5.75 Å². The van der Waals surface area contributed by atoms with Gasteiger partial charge in [-0.2, -0.15) is 4.57 Å². The van der Waals surface area contributed by atoms with Gasteiger partial charge in [-0.1, -0.05) is 24.3 Å². The van der Waals surface area contributed by atoms with Gasteiger partial charge in [0.1, 0.15) is 12.8 Å². The van der Waals surface area contributed by atoms with Gasteiger partial charge >= 0.3 is 0 Å². The van der Waals surface area contributed by atoms with E-state index in [1.165, 1.54) is 16.6 Å². The molecule has 1 aliphatic heterocycles. The number of hydrogen-bond acceptors (Lipinski definition) is 3. The Bertz CT molecular complexity index is 977. The smallest absolute Gasteiger partial charge is 0.214 e. The highest BCUT2D eigenvalue weighted by Gasteiger charge is 2.21. The molecule has 28 heavy (non-hydrogen) atoms. The number of phenols is 1. The minimum Gasteiger partial charge on any atom is -1.00 e. The molecule has 2 heterocycles. The molecule has 4 nitrogen and oxygen atoms in total. The summed E-state index contributed by atoms with van der Waals surface area (Å²) in [6.45, 7) is 4.28. The summed E-state index contributed by atoms with van der Waals surface area (Å²) in [4.78, 5) is 4.88. The molecule has 146 valence electrons. The number of aryl methyl sites for hydroxylation is 1. The number of para-hydroxylation sites is 1. The van der Waals surface area contributed by atoms with Crippen LogP contribution in [0, 0.1) is 0 Å². The summed E-state index contributed by atoms with van der Waals surface area (Å²) in [7, 11) is 4.30. The average Bonchev–Trinajstić information content (AvgIpc) is 2.70. The molecule has 0 atom stereocenters. The van der Waals surface area contributed by atoms with Gasteiger partial charge in [0.05, 0.1) is 11.1 Å². The van der Waals surface area contributed by atoms with Crippen molar-refractivity contribution in [3.8, 4) is 5.75 Å². The van der Waals surface area contributed by atoms with Crippen LogP contribution < -0.4 is 33.4 Å². The van der Waals surface area contributed by atoms with E-state index in [-0.39, 0.29) is 24.0 Å². The van der Waals surface area contributed by atoms with Crippen LogP contribution in [0.2, 0.25) is 0 Å². The second kappa shape index (κ2) is 8.92. The van der Waals surface area contributed by atoms with Crippen LogP contribution in [0.3, 0.4) is 0 Å². The Kier molecular flexibility index (Phi) is 6.57. The van der Waals surface area contributed by atoms with E-state index in [2.05, 4.69) is 70.9 Å². The molecule has 5 heteroatoms. The number of benzene rings is 2. The van der Waals surface area contributed by atoms with Crippen molar-refractivity contribution < 1.29 is 33.7 Å². The van der Waals surface area contributed by atoms with Gasteiger partial charge in [0.2, 0.25) is 11.2 Å². The molecule has 0 radical (unpaired) electrons. The number of pyridine rings is 1. The Balaban J connectivity index is 0.00000225. The third kappa shape index (κ3) is 4.31. The number of fused-ring (bicyclic) bond motifs is 1. The van der Waals surface area contributed by atoms with Gasteiger partial charge in [0, 0.05) is 44.4 Å². The Labute approximate surface area is 183 Å². The third-order valence-corrected chi connectivity index (χ3v) is 5.40. The van der Waals surface area contributed by atoms with E-state index in [1.807, 2.05) is 12.1 Å². The SMILES string of the molecule is CN1CCN(c2cc(/C=C/c3ccc(O)cc3)[n+](C)c3ccccc23)CC1.[I-]. The number of piperazine rings is 1. The first-order chi connectivity index (χ1) is 13.1. The number of hydrogen-bond donors (Lipinski definition) is 1. The number of halogens is 1. The van der Waals surface area contributed by atoms with Crippen LogP contribution in [-0.2, 0) is 7.05 Å². The molecule has 2 aromatic carbocycles. The monoisotopic (exact) mass is 487 g/mol. The predicted octanol–water partition coefficient (Wildman–Crippen LogP) is 0.296. The minimum absolute atomic E-state index is 0. The number of phenolic OH excluding ortho intramolecular Hbond substituents is 1. The zero-order chi connectivity index (χ0) is 18.8. The summed E-state index contributed by atoms with van der Waals surface area (Å²) < 4.78 is 2.24. The lowest BCUT2D eigenvalue weighted by Crippen LogP contribution is -3.00. The third-order valence-electron chi connectivity index (χ3n) is 5.40. The number of aromatic nitrogens is 1. The van der Waals surface area contributed by atoms with Crippen LogP contribution in [0.1, 0.15) is 11.3 Å². The quantitative estimate of drug-likeness (QED) is 0.426. The van der Waals surface area contributed by atoms with Crippen LogP contribution in [-0.4, -0.2) is 43.2 Å². The minimum atomic E-state index is 0. The Morgan fingerprint density at radius 3 is 2.32 bits per heavy atom. The van der Waals surface area contributed by atoms with Crippen LogP contribution in [0.15, 0.2) is 54.6 Å². The molecule has 1 N–H and O–H groups in total. The Hall–Kier alpha value is -2.12. The van der Waals surface area contributed by atoms with E-state index in [0.717, 1.165) is 37.4 Å². The van der Waals surface area contributed by atoms with Crippen LogP contribution in [0.5, 0.6) is 5.75 Å². The van der Waals surface area contributed by atoms with E-state index in [1.54, 1.807) is 12.1 Å². The van der Waals surface area contributed by atoms with Crippen LogP contribution in [0.4, 0.5) is 5.69 Å². The van der Waals surface area contributed by atoms with Crippen molar-refractivity contribution >= 4 is 28.7 Å². The molecule has 1 aromatic heterocycles. The van der Waals surface area contributed by atoms with E-state index in [4.69, 9.17) is 0 Å². The van der Waals surface area contributed by atoms with Crippen molar-refractivity contribution in [1.29, 1.82) is 0 Å². The fourth-order valence-electron chi connectivity index (χ4n) is 3.67. The van der Waals surface area contributed by atoms with Crippen molar-refractivity contribution in [2.75, 3.05) is 38.1 Å². The van der Waals surface area contributed by atoms with Crippen molar-refractivity contribution in [3.63, 3.8) is 0 Å². The zero-order valence-electron chi connectivity index (χ0n) is 16.3. The molecular weight excluding hydrogens is 461 g/mol. The maximum absolute atomic E-state index is 9.47. The number of rotatable bonds is 3. The van der Waals surface area contributed by atoms with E-state index < -0.39 is 0 Å². The summed E-state index contributed by atoms with van der Waals surface area (Å²) in [6, 6.07) is 18.2. The number of anilines is 1. The summed E-state index contributed by atoms with van der Waals surface area (Å²) >= 11 is 0. The predicted molar refractivity (Wildman–Crippen MR) is 112 cm³/mol. The molecule has 1 aliphatic rings. The first-order valence-electron chi connectivity index (χ1n) is 9.44. The molecule has 0 aliphatic carbocycles. The van der Waals surface area contributed by atoms with Crippen LogP contribution in [0.25, 0.3) is 23.1 Å². The molecule has 3 aromatic rings. The van der Waals surface area contributed by atoms with Gasteiger partial charge in [-0.25, -0.2) is 0 Å². The largest absolute Gasteiger partial charge is 1.00 e.